The number of carbonyl (C=O) groups is 2. The van der Waals surface area contributed by atoms with Gasteiger partial charge in [-0.05, 0) is 30.5 Å². The quantitative estimate of drug-likeness (QED) is 0.857. The molecule has 1 heterocycles. The summed E-state index contributed by atoms with van der Waals surface area (Å²) in [4.78, 5) is 27.2. The van der Waals surface area contributed by atoms with Crippen LogP contribution in [0.2, 0.25) is 5.02 Å². The third-order valence-corrected chi connectivity index (χ3v) is 4.56. The van der Waals surface area contributed by atoms with E-state index in [4.69, 9.17) is 11.6 Å². The van der Waals surface area contributed by atoms with E-state index in [1.165, 1.54) is 0 Å². The summed E-state index contributed by atoms with van der Waals surface area (Å²) in [6, 6.07) is 7.87. The monoisotopic (exact) mass is 337 g/mol. The van der Waals surface area contributed by atoms with E-state index in [0.29, 0.717) is 13.1 Å². The number of hydrogen-bond donors (Lipinski definition) is 1. The Morgan fingerprint density at radius 3 is 2.70 bits per heavy atom. The van der Waals surface area contributed by atoms with Crippen molar-refractivity contribution in [2.45, 2.75) is 25.8 Å². The standard InChI is InChI=1S/C17H24ClN3O2/c1-13(22)20(2)16-8-10-21(11-16)12-17(23)19-9-7-14-3-5-15(18)6-4-14/h3-6,16H,7-12H2,1-2H3,(H,19,23)/t16-/m1/s1. The second-order valence-corrected chi connectivity index (χ2v) is 6.47. The van der Waals surface area contributed by atoms with Gasteiger partial charge in [0.05, 0.1) is 6.54 Å². The van der Waals surface area contributed by atoms with E-state index in [0.717, 1.165) is 36.5 Å². The van der Waals surface area contributed by atoms with Crippen molar-refractivity contribution in [3.05, 3.63) is 34.9 Å². The number of benzene rings is 1. The number of rotatable bonds is 6. The van der Waals surface area contributed by atoms with Crippen LogP contribution in [0.15, 0.2) is 24.3 Å². The number of carbonyl (C=O) groups excluding carboxylic acids is 2. The molecule has 2 rings (SSSR count). The molecule has 1 N–H and O–H groups in total. The van der Waals surface area contributed by atoms with Crippen LogP contribution in [0.1, 0.15) is 18.9 Å². The van der Waals surface area contributed by atoms with Crippen molar-refractivity contribution in [2.75, 3.05) is 33.2 Å². The Morgan fingerprint density at radius 1 is 1.35 bits per heavy atom. The molecule has 0 radical (unpaired) electrons. The van der Waals surface area contributed by atoms with Gasteiger partial charge in [-0.25, -0.2) is 0 Å². The highest BCUT2D eigenvalue weighted by Gasteiger charge is 2.27. The maximum absolute atomic E-state index is 12.0. The zero-order chi connectivity index (χ0) is 16.8. The fourth-order valence-corrected chi connectivity index (χ4v) is 2.91. The largest absolute Gasteiger partial charge is 0.355 e. The topological polar surface area (TPSA) is 52.7 Å². The van der Waals surface area contributed by atoms with Crippen LogP contribution < -0.4 is 5.32 Å². The molecule has 0 bridgehead atoms. The lowest BCUT2D eigenvalue weighted by atomic mass is 10.1. The molecule has 23 heavy (non-hydrogen) atoms. The van der Waals surface area contributed by atoms with Crippen LogP contribution in [0, 0.1) is 0 Å². The minimum Gasteiger partial charge on any atom is -0.355 e. The fraction of sp³-hybridized carbons (Fsp3) is 0.529. The Hall–Kier alpha value is -1.59. The number of hydrogen-bond acceptors (Lipinski definition) is 3. The van der Waals surface area contributed by atoms with Gasteiger partial charge in [0.15, 0.2) is 0 Å². The molecule has 1 aromatic carbocycles. The van der Waals surface area contributed by atoms with Crippen LogP contribution in [-0.4, -0.2) is 60.9 Å². The number of amides is 2. The van der Waals surface area contributed by atoms with Crippen molar-refractivity contribution in [3.8, 4) is 0 Å². The van der Waals surface area contributed by atoms with E-state index < -0.39 is 0 Å². The Kier molecular flexibility index (Phi) is 6.42. The lowest BCUT2D eigenvalue weighted by Gasteiger charge is -2.23. The molecule has 6 heteroatoms. The summed E-state index contributed by atoms with van der Waals surface area (Å²) in [5.74, 6) is 0.106. The van der Waals surface area contributed by atoms with Gasteiger partial charge in [-0.15, -0.1) is 0 Å². The Balaban J connectivity index is 1.67. The Bertz CT molecular complexity index is 547. The number of likely N-dealkylation sites (tertiary alicyclic amines) is 1. The van der Waals surface area contributed by atoms with Gasteiger partial charge in [-0.1, -0.05) is 23.7 Å². The van der Waals surface area contributed by atoms with Gasteiger partial charge in [-0.3, -0.25) is 14.5 Å². The number of halogens is 1. The van der Waals surface area contributed by atoms with Crippen LogP contribution in [-0.2, 0) is 16.0 Å². The summed E-state index contributed by atoms with van der Waals surface area (Å²) in [5.41, 5.74) is 1.15. The molecular weight excluding hydrogens is 314 g/mol. The minimum atomic E-state index is 0.0325. The minimum absolute atomic E-state index is 0.0325. The average molecular weight is 338 g/mol. The second kappa shape index (κ2) is 8.31. The first-order chi connectivity index (χ1) is 11.0. The summed E-state index contributed by atoms with van der Waals surface area (Å²) in [7, 11) is 1.82. The molecule has 1 aliphatic rings. The van der Waals surface area contributed by atoms with E-state index >= 15 is 0 Å². The lowest BCUT2D eigenvalue weighted by Crippen LogP contribution is -2.40. The summed E-state index contributed by atoms with van der Waals surface area (Å²) in [6.45, 7) is 4.20. The van der Waals surface area contributed by atoms with Crippen molar-refractivity contribution >= 4 is 23.4 Å². The SMILES string of the molecule is CC(=O)N(C)[C@@H]1CCN(CC(=O)NCCc2ccc(Cl)cc2)C1. The molecule has 126 valence electrons. The highest BCUT2D eigenvalue weighted by Crippen LogP contribution is 2.14. The predicted molar refractivity (Wildman–Crippen MR) is 91.5 cm³/mol. The summed E-state index contributed by atoms with van der Waals surface area (Å²) < 4.78 is 0. The average Bonchev–Trinajstić information content (AvgIpc) is 2.96. The van der Waals surface area contributed by atoms with E-state index in [1.54, 1.807) is 11.8 Å². The molecular formula is C17H24ClN3O2. The van der Waals surface area contributed by atoms with Crippen LogP contribution in [0.5, 0.6) is 0 Å². The van der Waals surface area contributed by atoms with Crippen molar-refractivity contribution in [3.63, 3.8) is 0 Å². The molecule has 0 unspecified atom stereocenters. The molecule has 2 amide bonds. The Labute approximate surface area is 142 Å². The lowest BCUT2D eigenvalue weighted by molar-refractivity contribution is -0.129. The zero-order valence-corrected chi connectivity index (χ0v) is 14.5. The van der Waals surface area contributed by atoms with Gasteiger partial charge >= 0.3 is 0 Å². The molecule has 0 aliphatic carbocycles. The van der Waals surface area contributed by atoms with Gasteiger partial charge in [-0.2, -0.15) is 0 Å². The first-order valence-corrected chi connectivity index (χ1v) is 8.30. The molecule has 1 aromatic rings. The normalized spacial score (nSPS) is 18.0. The fourth-order valence-electron chi connectivity index (χ4n) is 2.79. The predicted octanol–water partition coefficient (Wildman–Crippen LogP) is 1.55. The van der Waals surface area contributed by atoms with E-state index in [2.05, 4.69) is 10.2 Å². The highest BCUT2D eigenvalue weighted by molar-refractivity contribution is 6.30. The molecule has 0 spiro atoms. The molecule has 1 saturated heterocycles. The highest BCUT2D eigenvalue weighted by atomic mass is 35.5. The maximum Gasteiger partial charge on any atom is 0.234 e. The third kappa shape index (κ3) is 5.52. The third-order valence-electron chi connectivity index (χ3n) is 4.31. The molecule has 1 atom stereocenters. The number of nitrogens with one attached hydrogen (secondary N) is 1. The van der Waals surface area contributed by atoms with Crippen LogP contribution in [0.4, 0.5) is 0 Å². The number of nitrogens with zero attached hydrogens (tertiary/aromatic N) is 2. The first kappa shape index (κ1) is 17.8. The van der Waals surface area contributed by atoms with Gasteiger partial charge < -0.3 is 10.2 Å². The van der Waals surface area contributed by atoms with Crippen molar-refractivity contribution < 1.29 is 9.59 Å². The van der Waals surface area contributed by atoms with Crippen LogP contribution >= 0.6 is 11.6 Å². The van der Waals surface area contributed by atoms with Gasteiger partial charge in [0, 0.05) is 44.7 Å². The molecule has 0 aromatic heterocycles. The zero-order valence-electron chi connectivity index (χ0n) is 13.7. The van der Waals surface area contributed by atoms with Crippen LogP contribution in [0.25, 0.3) is 0 Å². The van der Waals surface area contributed by atoms with Crippen molar-refractivity contribution in [1.29, 1.82) is 0 Å². The Morgan fingerprint density at radius 2 is 2.04 bits per heavy atom. The van der Waals surface area contributed by atoms with E-state index in [1.807, 2.05) is 31.3 Å². The maximum atomic E-state index is 12.0. The molecule has 5 nitrogen and oxygen atoms in total. The van der Waals surface area contributed by atoms with Gasteiger partial charge in [0.2, 0.25) is 11.8 Å². The number of likely N-dealkylation sites (N-methyl/N-ethyl adjacent to an activating group) is 1. The van der Waals surface area contributed by atoms with Gasteiger partial charge in [0.1, 0.15) is 0 Å². The summed E-state index contributed by atoms with van der Waals surface area (Å²) >= 11 is 5.84. The van der Waals surface area contributed by atoms with Crippen molar-refractivity contribution in [1.82, 2.24) is 15.1 Å². The van der Waals surface area contributed by atoms with E-state index in [9.17, 15) is 9.59 Å². The molecule has 1 aliphatic heterocycles. The van der Waals surface area contributed by atoms with Crippen LogP contribution in [0.3, 0.4) is 0 Å². The molecule has 0 saturated carbocycles. The second-order valence-electron chi connectivity index (χ2n) is 6.03. The molecule has 1 fully saturated rings. The van der Waals surface area contributed by atoms with Gasteiger partial charge in [0.25, 0.3) is 0 Å². The summed E-state index contributed by atoms with van der Waals surface area (Å²) in [5, 5.41) is 3.66. The smallest absolute Gasteiger partial charge is 0.234 e. The van der Waals surface area contributed by atoms with Crippen molar-refractivity contribution in [2.24, 2.45) is 0 Å². The first-order valence-electron chi connectivity index (χ1n) is 7.92. The summed E-state index contributed by atoms with van der Waals surface area (Å²) in [6.07, 6.45) is 1.72. The van der Waals surface area contributed by atoms with E-state index in [-0.39, 0.29) is 17.9 Å².